The van der Waals surface area contributed by atoms with E-state index in [1.165, 1.54) is 321 Å². The van der Waals surface area contributed by atoms with Crippen LogP contribution < -0.4 is 5.11 Å². The monoisotopic (exact) mass is 1150 g/mol. The van der Waals surface area contributed by atoms with Crippen LogP contribution in [0.4, 0.5) is 0 Å². The van der Waals surface area contributed by atoms with Gasteiger partial charge in [-0.15, -0.1) is 0 Å². The molecular formula is C72H141NO8. The molecule has 9 heteroatoms. The number of nitrogens with zero attached hydrogens (tertiary/aromatic N) is 1. The topological polar surface area (TPSA) is 111 Å². The minimum atomic E-state index is -1.61. The second-order valence-corrected chi connectivity index (χ2v) is 26.3. The van der Waals surface area contributed by atoms with Crippen LogP contribution in [-0.4, -0.2) is 82.3 Å². The number of hydrogen-bond acceptors (Lipinski definition) is 8. The Hall–Kier alpha value is -1.71. The number of carboxylic acid groups (broad SMARTS) is 1. The fourth-order valence-electron chi connectivity index (χ4n) is 11.3. The summed E-state index contributed by atoms with van der Waals surface area (Å²) in [5.74, 6) is -2.25. The highest BCUT2D eigenvalue weighted by molar-refractivity contribution is 5.70. The molecule has 0 amide bonds. The van der Waals surface area contributed by atoms with E-state index in [0.717, 1.165) is 38.5 Å². The Bertz CT molecular complexity index is 1290. The van der Waals surface area contributed by atoms with E-state index in [4.69, 9.17) is 18.9 Å². The van der Waals surface area contributed by atoms with Crippen molar-refractivity contribution in [1.29, 1.82) is 0 Å². The summed E-state index contributed by atoms with van der Waals surface area (Å²) in [4.78, 5) is 37.4. The Morgan fingerprint density at radius 3 is 0.790 bits per heavy atom. The smallest absolute Gasteiger partial charge is 0.306 e. The summed E-state index contributed by atoms with van der Waals surface area (Å²) >= 11 is 0. The fourth-order valence-corrected chi connectivity index (χ4v) is 11.3. The Morgan fingerprint density at radius 2 is 0.556 bits per heavy atom. The van der Waals surface area contributed by atoms with Gasteiger partial charge in [-0.3, -0.25) is 9.59 Å². The van der Waals surface area contributed by atoms with Gasteiger partial charge >= 0.3 is 11.9 Å². The number of carboxylic acids is 1. The van der Waals surface area contributed by atoms with Gasteiger partial charge in [-0.2, -0.15) is 0 Å². The maximum Gasteiger partial charge on any atom is 0.306 e. The zero-order chi connectivity index (χ0) is 59.1. The van der Waals surface area contributed by atoms with E-state index in [0.29, 0.717) is 17.4 Å². The molecule has 0 spiro atoms. The molecule has 0 bridgehead atoms. The molecule has 0 fully saturated rings. The Labute approximate surface area is 504 Å². The molecule has 9 nitrogen and oxygen atoms in total. The molecule has 0 radical (unpaired) electrons. The lowest BCUT2D eigenvalue weighted by molar-refractivity contribution is -0.870. The number of hydrogen-bond donors (Lipinski definition) is 0. The molecule has 0 N–H and O–H groups in total. The van der Waals surface area contributed by atoms with E-state index >= 15 is 0 Å². The highest BCUT2D eigenvalue weighted by atomic mass is 16.7. The highest BCUT2D eigenvalue weighted by Crippen LogP contribution is 2.20. The second kappa shape index (κ2) is 64.3. The summed E-state index contributed by atoms with van der Waals surface area (Å²) in [7, 11) is 5.95. The van der Waals surface area contributed by atoms with Crippen LogP contribution in [0.1, 0.15) is 386 Å². The van der Waals surface area contributed by atoms with Crippen molar-refractivity contribution in [3.8, 4) is 0 Å². The molecule has 0 saturated heterocycles. The van der Waals surface area contributed by atoms with E-state index < -0.39 is 24.3 Å². The van der Waals surface area contributed by atoms with Crippen LogP contribution in [0.25, 0.3) is 0 Å². The second-order valence-electron chi connectivity index (χ2n) is 26.3. The van der Waals surface area contributed by atoms with Crippen LogP contribution in [0.3, 0.4) is 0 Å². The maximum absolute atomic E-state index is 12.9. The maximum atomic E-state index is 12.9. The largest absolute Gasteiger partial charge is 0.545 e. The molecule has 0 aromatic heterocycles. The van der Waals surface area contributed by atoms with Gasteiger partial charge in [0.1, 0.15) is 13.2 Å². The van der Waals surface area contributed by atoms with Crippen molar-refractivity contribution in [2.45, 2.75) is 399 Å². The van der Waals surface area contributed by atoms with Crippen molar-refractivity contribution in [3.63, 3.8) is 0 Å². The first kappa shape index (κ1) is 79.3. The molecule has 0 rings (SSSR count). The molecule has 482 valence electrons. The summed E-state index contributed by atoms with van der Waals surface area (Å²) in [6.45, 7) is 4.83. The zero-order valence-electron chi connectivity index (χ0n) is 55.2. The van der Waals surface area contributed by atoms with E-state index in [1.807, 2.05) is 21.1 Å². The van der Waals surface area contributed by atoms with Gasteiger partial charge in [-0.1, -0.05) is 361 Å². The molecule has 81 heavy (non-hydrogen) atoms. The molecule has 0 heterocycles. The van der Waals surface area contributed by atoms with Crippen molar-refractivity contribution in [1.82, 2.24) is 0 Å². The number of aliphatic carboxylic acids is 1. The molecule has 0 aromatic rings. The number of carbonyl (C=O) groups is 3. The van der Waals surface area contributed by atoms with E-state index in [9.17, 15) is 19.5 Å². The van der Waals surface area contributed by atoms with Crippen LogP contribution >= 0.6 is 0 Å². The lowest BCUT2D eigenvalue weighted by Crippen LogP contribution is -2.44. The Kier molecular flexibility index (Phi) is 62.9. The Balaban J connectivity index is 3.90. The Morgan fingerprint density at radius 1 is 0.321 bits per heavy atom. The molecule has 0 aliphatic rings. The average Bonchev–Trinajstić information content (AvgIpc) is 3.44. The quantitative estimate of drug-likeness (QED) is 0.0256. The van der Waals surface area contributed by atoms with E-state index in [-0.39, 0.29) is 32.2 Å². The summed E-state index contributed by atoms with van der Waals surface area (Å²) in [5.41, 5.74) is 0. The van der Waals surface area contributed by atoms with Gasteiger partial charge in [0.2, 0.25) is 0 Å². The number of ether oxygens (including phenoxy) is 4. The van der Waals surface area contributed by atoms with Gasteiger partial charge in [0.25, 0.3) is 0 Å². The standard InChI is InChI=1S/C72H141NO8/c1-6-8-10-12-14-16-18-20-22-24-25-26-27-28-29-30-31-32-33-34-35-36-37-38-39-40-41-42-43-44-45-47-49-51-53-55-57-59-61-63-70(75)81-68(67-80-72(71(76)77)78-65-64-73(3,4)5)66-79-69(74)62-60-58-56-54-52-50-48-46-23-21-19-17-15-13-11-9-7-2/h68,72H,6-67H2,1-5H3. The third-order valence-corrected chi connectivity index (χ3v) is 16.9. The first-order valence-electron chi connectivity index (χ1n) is 36.2. The number of unbranched alkanes of at least 4 members (excludes halogenated alkanes) is 54. The predicted octanol–water partition coefficient (Wildman–Crippen LogP) is 20.9. The predicted molar refractivity (Wildman–Crippen MR) is 344 cm³/mol. The number of quaternary nitrogens is 1. The van der Waals surface area contributed by atoms with Crippen LogP contribution in [0, 0.1) is 0 Å². The van der Waals surface area contributed by atoms with Gasteiger partial charge in [0, 0.05) is 12.8 Å². The lowest BCUT2D eigenvalue weighted by Gasteiger charge is -2.26. The van der Waals surface area contributed by atoms with Crippen molar-refractivity contribution in [3.05, 3.63) is 0 Å². The zero-order valence-corrected chi connectivity index (χ0v) is 55.2. The normalized spacial score (nSPS) is 12.6. The molecule has 0 aliphatic carbocycles. The third kappa shape index (κ3) is 65.7. The first-order chi connectivity index (χ1) is 39.6. The molecular weight excluding hydrogens is 1010 g/mol. The minimum Gasteiger partial charge on any atom is -0.545 e. The van der Waals surface area contributed by atoms with Gasteiger partial charge < -0.3 is 33.3 Å². The number of esters is 2. The minimum absolute atomic E-state index is 0.154. The fraction of sp³-hybridized carbons (Fsp3) is 0.958. The van der Waals surface area contributed by atoms with E-state index in [2.05, 4.69) is 13.8 Å². The SMILES string of the molecule is CCCCCCCCCCCCCCCCCCCCCCCCCCCCCCCCCCCCCCCCCC(=O)OC(COC(=O)CCCCCCCCCCCCCCCCCCC)COC(OCC[N+](C)(C)C)C(=O)[O-]. The van der Waals surface area contributed by atoms with Crippen LogP contribution in [-0.2, 0) is 33.3 Å². The van der Waals surface area contributed by atoms with Gasteiger partial charge in [-0.05, 0) is 12.8 Å². The number of likely N-dealkylation sites (N-methyl/N-ethyl adjacent to an activating group) is 1. The summed E-state index contributed by atoms with van der Waals surface area (Å²) in [6.07, 6.45) is 73.6. The third-order valence-electron chi connectivity index (χ3n) is 16.9. The first-order valence-corrected chi connectivity index (χ1v) is 36.2. The molecule has 2 atom stereocenters. The summed E-state index contributed by atoms with van der Waals surface area (Å²) in [5, 5.41) is 11.8. The number of carbonyl (C=O) groups excluding carboxylic acids is 3. The highest BCUT2D eigenvalue weighted by Gasteiger charge is 2.22. The van der Waals surface area contributed by atoms with Crippen molar-refractivity contribution < 1.29 is 42.9 Å². The van der Waals surface area contributed by atoms with Gasteiger partial charge in [-0.25, -0.2) is 0 Å². The molecule has 0 aromatic carbocycles. The van der Waals surface area contributed by atoms with Crippen molar-refractivity contribution in [2.24, 2.45) is 0 Å². The summed E-state index contributed by atoms with van der Waals surface area (Å²) in [6, 6.07) is 0. The molecule has 2 unspecified atom stereocenters. The van der Waals surface area contributed by atoms with Crippen LogP contribution in [0.15, 0.2) is 0 Å². The van der Waals surface area contributed by atoms with E-state index in [1.54, 1.807) is 0 Å². The van der Waals surface area contributed by atoms with Gasteiger partial charge in [0.05, 0.1) is 40.3 Å². The average molecular weight is 1150 g/mol. The lowest BCUT2D eigenvalue weighted by atomic mass is 10.0. The molecule has 0 aliphatic heterocycles. The number of rotatable bonds is 69. The van der Waals surface area contributed by atoms with Crippen molar-refractivity contribution >= 4 is 17.9 Å². The van der Waals surface area contributed by atoms with Crippen LogP contribution in [0.5, 0.6) is 0 Å². The molecule has 0 saturated carbocycles. The summed E-state index contributed by atoms with van der Waals surface area (Å²) < 4.78 is 22.8. The van der Waals surface area contributed by atoms with Crippen molar-refractivity contribution in [2.75, 3.05) is 47.5 Å². The van der Waals surface area contributed by atoms with Crippen LogP contribution in [0.2, 0.25) is 0 Å². The van der Waals surface area contributed by atoms with Gasteiger partial charge in [0.15, 0.2) is 12.4 Å².